The van der Waals surface area contributed by atoms with Crippen molar-refractivity contribution in [2.45, 2.75) is 13.0 Å². The van der Waals surface area contributed by atoms with Crippen LogP contribution in [0.1, 0.15) is 17.0 Å². The van der Waals surface area contributed by atoms with Crippen molar-refractivity contribution in [2.75, 3.05) is 6.54 Å². The first-order valence-corrected chi connectivity index (χ1v) is 12.3. The number of thioether (sulfide) groups is 1. The van der Waals surface area contributed by atoms with Crippen LogP contribution in [0, 0.1) is 0 Å². The number of thiocarbonyl (C=S) groups is 1. The van der Waals surface area contributed by atoms with Crippen LogP contribution in [-0.4, -0.2) is 32.6 Å². The fourth-order valence-corrected chi connectivity index (χ4v) is 5.19. The van der Waals surface area contributed by atoms with Gasteiger partial charge in [-0.15, -0.1) is 11.3 Å². The van der Waals surface area contributed by atoms with Crippen LogP contribution in [0.4, 0.5) is 0 Å². The van der Waals surface area contributed by atoms with Crippen LogP contribution in [-0.2, 0) is 16.1 Å². The summed E-state index contributed by atoms with van der Waals surface area (Å²) in [6, 6.07) is 17.1. The number of carbonyl (C=O) groups excluding carboxylic acids is 2. The zero-order chi connectivity index (χ0) is 22.5. The summed E-state index contributed by atoms with van der Waals surface area (Å²) in [6.45, 7) is 0.583. The Bertz CT molecular complexity index is 1180. The maximum absolute atomic E-state index is 12.7. The van der Waals surface area contributed by atoms with Gasteiger partial charge in [-0.05, 0) is 23.8 Å². The topological polar surface area (TPSA) is 62.3 Å². The van der Waals surface area contributed by atoms with Crippen molar-refractivity contribution in [3.05, 3.63) is 80.5 Å². The van der Waals surface area contributed by atoms with E-state index in [1.165, 1.54) is 28.0 Å². The third-order valence-electron chi connectivity index (χ3n) is 4.66. The van der Waals surface area contributed by atoms with E-state index in [1.807, 2.05) is 66.1 Å². The second-order valence-electron chi connectivity index (χ2n) is 6.90. The quantitative estimate of drug-likeness (QED) is 0.349. The Balaban J connectivity index is 1.28. The van der Waals surface area contributed by atoms with E-state index in [9.17, 15) is 9.59 Å². The summed E-state index contributed by atoms with van der Waals surface area (Å²) in [4.78, 5) is 31.6. The molecule has 1 aliphatic heterocycles. The molecule has 0 atom stereocenters. The number of thiazole rings is 1. The maximum atomic E-state index is 12.7. The molecular formula is C23H18ClN3O2S3. The Morgan fingerprint density at radius 3 is 2.66 bits per heavy atom. The van der Waals surface area contributed by atoms with Gasteiger partial charge in [0.05, 0.1) is 17.1 Å². The van der Waals surface area contributed by atoms with E-state index in [0.717, 1.165) is 21.8 Å². The summed E-state index contributed by atoms with van der Waals surface area (Å²) in [5.74, 6) is -0.321. The fourth-order valence-electron chi connectivity index (χ4n) is 3.01. The van der Waals surface area contributed by atoms with Gasteiger partial charge in [-0.1, -0.05) is 78.0 Å². The van der Waals surface area contributed by atoms with Crippen molar-refractivity contribution in [1.82, 2.24) is 15.2 Å². The lowest BCUT2D eigenvalue weighted by Gasteiger charge is -2.13. The summed E-state index contributed by atoms with van der Waals surface area (Å²) in [7, 11) is 0. The van der Waals surface area contributed by atoms with Gasteiger partial charge in [-0.25, -0.2) is 4.98 Å². The molecule has 5 nitrogen and oxygen atoms in total. The molecule has 1 aromatic heterocycles. The van der Waals surface area contributed by atoms with E-state index in [1.54, 1.807) is 0 Å². The Labute approximate surface area is 204 Å². The molecule has 2 heterocycles. The van der Waals surface area contributed by atoms with Crippen LogP contribution >= 0.6 is 46.9 Å². The molecule has 1 N–H and O–H groups in total. The van der Waals surface area contributed by atoms with Crippen LogP contribution in [0.5, 0.6) is 0 Å². The molecule has 1 saturated heterocycles. The minimum atomic E-state index is -0.163. The number of halogens is 1. The zero-order valence-corrected chi connectivity index (χ0v) is 20.0. The van der Waals surface area contributed by atoms with Gasteiger partial charge in [0.15, 0.2) is 0 Å². The van der Waals surface area contributed by atoms with E-state index in [0.29, 0.717) is 20.8 Å². The van der Waals surface area contributed by atoms with E-state index in [2.05, 4.69) is 10.3 Å². The van der Waals surface area contributed by atoms with Crippen molar-refractivity contribution in [2.24, 2.45) is 0 Å². The highest BCUT2D eigenvalue weighted by Crippen LogP contribution is 2.32. The number of amides is 2. The van der Waals surface area contributed by atoms with Crippen molar-refractivity contribution in [3.63, 3.8) is 0 Å². The minimum Gasteiger partial charge on any atom is -0.350 e. The molecule has 2 aromatic carbocycles. The molecule has 0 spiro atoms. The maximum Gasteiger partial charge on any atom is 0.266 e. The van der Waals surface area contributed by atoms with Crippen LogP contribution < -0.4 is 5.32 Å². The highest BCUT2D eigenvalue weighted by Gasteiger charge is 2.32. The second kappa shape index (κ2) is 10.4. The molecular weight excluding hydrogens is 482 g/mol. The molecule has 0 unspecified atom stereocenters. The van der Waals surface area contributed by atoms with E-state index in [-0.39, 0.29) is 24.8 Å². The van der Waals surface area contributed by atoms with Crippen molar-refractivity contribution in [3.8, 4) is 11.3 Å². The standard InChI is InChI=1S/C23H18ClN3O2S3/c24-17-8-6-16(7-9-17)18-14-31-21(26-18)13-25-20(28)10-11-27-22(29)19(32-23(27)30)12-15-4-2-1-3-5-15/h1-9,12,14H,10-11,13H2,(H,25,28)/b19-12-. The molecule has 0 bridgehead atoms. The fraction of sp³-hybridized carbons (Fsp3) is 0.130. The van der Waals surface area contributed by atoms with E-state index >= 15 is 0 Å². The lowest BCUT2D eigenvalue weighted by molar-refractivity contribution is -0.123. The molecule has 1 aliphatic rings. The Kier molecular flexibility index (Phi) is 7.36. The first-order chi connectivity index (χ1) is 15.5. The molecule has 0 radical (unpaired) electrons. The van der Waals surface area contributed by atoms with Gasteiger partial charge >= 0.3 is 0 Å². The molecule has 1 fully saturated rings. The number of nitrogens with zero attached hydrogens (tertiary/aromatic N) is 2. The van der Waals surface area contributed by atoms with Gasteiger partial charge in [-0.2, -0.15) is 0 Å². The van der Waals surface area contributed by atoms with Crippen LogP contribution in [0.25, 0.3) is 17.3 Å². The van der Waals surface area contributed by atoms with Crippen molar-refractivity contribution < 1.29 is 9.59 Å². The Morgan fingerprint density at radius 2 is 1.91 bits per heavy atom. The van der Waals surface area contributed by atoms with Gasteiger partial charge in [0.25, 0.3) is 5.91 Å². The summed E-state index contributed by atoms with van der Waals surface area (Å²) in [5, 5.41) is 6.29. The Hall–Kier alpha value is -2.52. The van der Waals surface area contributed by atoms with Crippen LogP contribution in [0.15, 0.2) is 64.9 Å². The number of carbonyl (C=O) groups is 2. The SMILES string of the molecule is O=C(CCN1C(=O)/C(=C/c2ccccc2)SC1=S)NCc1nc(-c2ccc(Cl)cc2)cs1. The highest BCUT2D eigenvalue weighted by atomic mass is 35.5. The lowest BCUT2D eigenvalue weighted by Crippen LogP contribution is -2.33. The smallest absolute Gasteiger partial charge is 0.266 e. The molecule has 162 valence electrons. The molecule has 0 saturated carbocycles. The van der Waals surface area contributed by atoms with Gasteiger partial charge < -0.3 is 5.32 Å². The Morgan fingerprint density at radius 1 is 1.16 bits per heavy atom. The normalized spacial score (nSPS) is 14.9. The highest BCUT2D eigenvalue weighted by molar-refractivity contribution is 8.26. The second-order valence-corrected chi connectivity index (χ2v) is 9.96. The summed E-state index contributed by atoms with van der Waals surface area (Å²) < 4.78 is 0.470. The molecule has 2 amide bonds. The number of benzene rings is 2. The molecule has 32 heavy (non-hydrogen) atoms. The van der Waals surface area contributed by atoms with E-state index < -0.39 is 0 Å². The lowest BCUT2D eigenvalue weighted by atomic mass is 10.2. The number of nitrogens with one attached hydrogen (secondary N) is 1. The van der Waals surface area contributed by atoms with Gasteiger partial charge in [0.1, 0.15) is 9.33 Å². The summed E-state index contributed by atoms with van der Waals surface area (Å²) in [6.07, 6.45) is 1.99. The summed E-state index contributed by atoms with van der Waals surface area (Å²) >= 11 is 14.0. The molecule has 9 heteroatoms. The summed E-state index contributed by atoms with van der Waals surface area (Å²) in [5.41, 5.74) is 2.76. The van der Waals surface area contributed by atoms with Gasteiger partial charge in [0, 0.05) is 28.9 Å². The molecule has 3 aromatic rings. The van der Waals surface area contributed by atoms with E-state index in [4.69, 9.17) is 23.8 Å². The third kappa shape index (κ3) is 5.63. The predicted octanol–water partition coefficient (Wildman–Crippen LogP) is 5.37. The first kappa shape index (κ1) is 22.7. The predicted molar refractivity (Wildman–Crippen MR) is 135 cm³/mol. The monoisotopic (exact) mass is 499 g/mol. The average molecular weight is 500 g/mol. The first-order valence-electron chi connectivity index (χ1n) is 9.77. The number of rotatable bonds is 7. The van der Waals surface area contributed by atoms with Crippen molar-refractivity contribution >= 4 is 69.1 Å². The number of aromatic nitrogens is 1. The minimum absolute atomic E-state index is 0.158. The largest absolute Gasteiger partial charge is 0.350 e. The van der Waals surface area contributed by atoms with Crippen LogP contribution in [0.3, 0.4) is 0 Å². The van der Waals surface area contributed by atoms with Crippen molar-refractivity contribution in [1.29, 1.82) is 0 Å². The zero-order valence-electron chi connectivity index (χ0n) is 16.8. The number of hydrogen-bond acceptors (Lipinski definition) is 6. The molecule has 0 aliphatic carbocycles. The third-order valence-corrected chi connectivity index (χ3v) is 7.14. The number of hydrogen-bond donors (Lipinski definition) is 1. The van der Waals surface area contributed by atoms with Gasteiger partial charge in [-0.3, -0.25) is 14.5 Å². The van der Waals surface area contributed by atoms with Crippen LogP contribution in [0.2, 0.25) is 5.02 Å². The average Bonchev–Trinajstić information content (AvgIpc) is 3.37. The molecule has 4 rings (SSSR count). The van der Waals surface area contributed by atoms with Gasteiger partial charge in [0.2, 0.25) is 5.91 Å².